The number of likely N-dealkylation sites (tertiary alicyclic amines) is 1. The summed E-state index contributed by atoms with van der Waals surface area (Å²) < 4.78 is 44.1. The van der Waals surface area contributed by atoms with Crippen molar-refractivity contribution in [2.45, 2.75) is 38.9 Å². The summed E-state index contributed by atoms with van der Waals surface area (Å²) >= 11 is 0. The second-order valence-electron chi connectivity index (χ2n) is 7.07. The molecule has 1 aliphatic heterocycles. The minimum Gasteiger partial charge on any atom is -0.466 e. The third-order valence-corrected chi connectivity index (χ3v) is 4.76. The van der Waals surface area contributed by atoms with Crippen molar-refractivity contribution in [2.24, 2.45) is 7.05 Å². The molecule has 0 spiro atoms. The fraction of sp³-hybridized carbons (Fsp3) is 0.556. The number of carbonyl (C=O) groups is 2. The number of halogens is 3. The quantitative estimate of drug-likeness (QED) is 0.805. The Morgan fingerprint density at radius 1 is 1.34 bits per heavy atom. The number of nitrogens with one attached hydrogen (secondary N) is 1. The zero-order valence-electron chi connectivity index (χ0n) is 16.3. The van der Waals surface area contributed by atoms with Crippen LogP contribution in [0.25, 0.3) is 11.0 Å². The highest BCUT2D eigenvalue weighted by Crippen LogP contribution is 2.27. The molecular weight excluding hydrogens is 391 g/mol. The Kier molecular flexibility index (Phi) is 5.67. The minimum atomic E-state index is -4.50. The normalized spacial score (nSPS) is 17.0. The van der Waals surface area contributed by atoms with Gasteiger partial charge in [-0.3, -0.25) is 9.59 Å². The van der Waals surface area contributed by atoms with E-state index in [0.29, 0.717) is 23.9 Å². The molecule has 3 heterocycles. The molecule has 0 bridgehead atoms. The van der Waals surface area contributed by atoms with E-state index < -0.39 is 30.6 Å². The summed E-state index contributed by atoms with van der Waals surface area (Å²) in [4.78, 5) is 30.3. The molecule has 29 heavy (non-hydrogen) atoms. The van der Waals surface area contributed by atoms with Gasteiger partial charge in [-0.1, -0.05) is 0 Å². The van der Waals surface area contributed by atoms with E-state index >= 15 is 0 Å². The third-order valence-electron chi connectivity index (χ3n) is 4.76. The van der Waals surface area contributed by atoms with Gasteiger partial charge in [-0.2, -0.15) is 13.2 Å². The van der Waals surface area contributed by atoms with Crippen LogP contribution in [0.5, 0.6) is 5.88 Å². The summed E-state index contributed by atoms with van der Waals surface area (Å²) in [6, 6.07) is 0.945. The monoisotopic (exact) mass is 413 g/mol. The molecule has 8 nitrogen and oxygen atoms in total. The molecule has 1 N–H and O–H groups in total. The van der Waals surface area contributed by atoms with Crippen LogP contribution in [0.4, 0.5) is 13.2 Å². The molecule has 1 atom stereocenters. The highest BCUT2D eigenvalue weighted by atomic mass is 19.4. The van der Waals surface area contributed by atoms with Gasteiger partial charge in [0.2, 0.25) is 11.8 Å². The number of hydrogen-bond donors (Lipinski definition) is 1. The lowest BCUT2D eigenvalue weighted by Gasteiger charge is -2.24. The van der Waals surface area contributed by atoms with E-state index in [1.54, 1.807) is 11.7 Å². The molecule has 1 saturated heterocycles. The second kappa shape index (κ2) is 7.88. The number of alkyl halides is 3. The maximum atomic E-state index is 12.6. The Hall–Kier alpha value is -2.85. The molecule has 3 rings (SSSR count). The average molecular weight is 413 g/mol. The van der Waals surface area contributed by atoms with Crippen molar-refractivity contribution >= 4 is 22.8 Å². The lowest BCUT2D eigenvalue weighted by atomic mass is 10.2. The van der Waals surface area contributed by atoms with Crippen LogP contribution in [-0.2, 0) is 16.6 Å². The van der Waals surface area contributed by atoms with E-state index in [0.717, 1.165) is 11.3 Å². The van der Waals surface area contributed by atoms with Crippen LogP contribution in [0.2, 0.25) is 0 Å². The number of ether oxygens (including phenoxy) is 1. The highest BCUT2D eigenvalue weighted by molar-refractivity contribution is 5.89. The first kappa shape index (κ1) is 20.9. The molecule has 1 fully saturated rings. The summed E-state index contributed by atoms with van der Waals surface area (Å²) in [7, 11) is 1.71. The predicted octanol–water partition coefficient (Wildman–Crippen LogP) is 1.63. The number of carbonyl (C=O) groups excluding carboxylic acids is 2. The smallest absolute Gasteiger partial charge is 0.405 e. The van der Waals surface area contributed by atoms with Crippen LogP contribution in [0.3, 0.4) is 0 Å². The number of rotatable bonds is 5. The van der Waals surface area contributed by atoms with E-state index in [1.165, 1.54) is 4.90 Å². The van der Waals surface area contributed by atoms with Crippen molar-refractivity contribution < 1.29 is 27.5 Å². The Balaban J connectivity index is 1.68. The molecule has 2 aromatic heterocycles. The lowest BCUT2D eigenvalue weighted by molar-refractivity contribution is -0.145. The van der Waals surface area contributed by atoms with Gasteiger partial charge in [-0.15, -0.1) is 5.10 Å². The largest absolute Gasteiger partial charge is 0.466 e. The van der Waals surface area contributed by atoms with Crippen molar-refractivity contribution in [1.82, 2.24) is 25.0 Å². The molecule has 0 aromatic carbocycles. The summed E-state index contributed by atoms with van der Waals surface area (Å²) in [6.07, 6.45) is -3.66. The highest BCUT2D eigenvalue weighted by Gasteiger charge is 2.36. The van der Waals surface area contributed by atoms with Crippen LogP contribution >= 0.6 is 0 Å². The number of fused-ring (bicyclic) bond motifs is 1. The number of aromatic nitrogens is 3. The van der Waals surface area contributed by atoms with Crippen LogP contribution in [0, 0.1) is 13.8 Å². The number of amides is 2. The molecule has 2 amide bonds. The second-order valence-corrected chi connectivity index (χ2v) is 7.07. The van der Waals surface area contributed by atoms with Crippen LogP contribution in [0.1, 0.15) is 24.1 Å². The lowest BCUT2D eigenvalue weighted by Crippen LogP contribution is -2.49. The van der Waals surface area contributed by atoms with Crippen molar-refractivity contribution in [2.75, 3.05) is 19.7 Å². The minimum absolute atomic E-state index is 0.248. The van der Waals surface area contributed by atoms with E-state index in [1.807, 2.05) is 25.2 Å². The molecule has 1 unspecified atom stereocenters. The maximum absolute atomic E-state index is 12.6. The standard InChI is InChI=1S/C18H22F3N5O3/c1-10-7-11(2)23-15-14(10)17(24-25(15)3)29-8-13(27)26-6-4-5-12(26)16(28)22-9-18(19,20)21/h7,12H,4-6,8-9H2,1-3H3,(H,22,28). The van der Waals surface area contributed by atoms with Crippen LogP contribution in [0.15, 0.2) is 6.07 Å². The number of nitrogens with zero attached hydrogens (tertiary/aromatic N) is 4. The molecule has 158 valence electrons. The number of hydrogen-bond acceptors (Lipinski definition) is 5. The van der Waals surface area contributed by atoms with E-state index in [4.69, 9.17) is 4.74 Å². The molecular formula is C18H22F3N5O3. The van der Waals surface area contributed by atoms with Gasteiger partial charge in [0.25, 0.3) is 5.91 Å². The number of aryl methyl sites for hydroxylation is 3. The summed E-state index contributed by atoms with van der Waals surface area (Å²) in [6.45, 7) is 2.24. The van der Waals surface area contributed by atoms with Gasteiger partial charge in [0.1, 0.15) is 12.6 Å². The van der Waals surface area contributed by atoms with Gasteiger partial charge in [-0.05, 0) is 38.3 Å². The van der Waals surface area contributed by atoms with E-state index in [9.17, 15) is 22.8 Å². The van der Waals surface area contributed by atoms with Crippen LogP contribution < -0.4 is 10.1 Å². The fourth-order valence-electron chi connectivity index (χ4n) is 3.51. The summed E-state index contributed by atoms with van der Waals surface area (Å²) in [5, 5.41) is 6.79. The summed E-state index contributed by atoms with van der Waals surface area (Å²) in [5.74, 6) is -1.05. The molecule has 1 aliphatic rings. The van der Waals surface area contributed by atoms with Crippen molar-refractivity contribution in [3.8, 4) is 5.88 Å². The fourth-order valence-corrected chi connectivity index (χ4v) is 3.51. The van der Waals surface area contributed by atoms with Gasteiger partial charge < -0.3 is 15.0 Å². The number of pyridine rings is 1. The molecule has 11 heteroatoms. The molecule has 0 aliphatic carbocycles. The van der Waals surface area contributed by atoms with E-state index in [2.05, 4.69) is 10.1 Å². The Bertz CT molecular complexity index is 941. The van der Waals surface area contributed by atoms with Crippen molar-refractivity contribution in [1.29, 1.82) is 0 Å². The van der Waals surface area contributed by atoms with Gasteiger partial charge >= 0.3 is 6.18 Å². The summed E-state index contributed by atoms with van der Waals surface area (Å²) in [5.41, 5.74) is 2.34. The van der Waals surface area contributed by atoms with Crippen molar-refractivity contribution in [3.05, 3.63) is 17.3 Å². The Labute approximate surface area is 165 Å². The molecule has 0 saturated carbocycles. The Morgan fingerprint density at radius 2 is 2.07 bits per heavy atom. The third kappa shape index (κ3) is 4.60. The maximum Gasteiger partial charge on any atom is 0.405 e. The van der Waals surface area contributed by atoms with Gasteiger partial charge in [0, 0.05) is 19.3 Å². The zero-order chi connectivity index (χ0) is 21.3. The topological polar surface area (TPSA) is 89.4 Å². The van der Waals surface area contributed by atoms with Crippen molar-refractivity contribution in [3.63, 3.8) is 0 Å². The van der Waals surface area contributed by atoms with Crippen LogP contribution in [-0.4, -0.2) is 63.4 Å². The predicted molar refractivity (Wildman–Crippen MR) is 97.3 cm³/mol. The Morgan fingerprint density at radius 3 is 2.76 bits per heavy atom. The molecule has 0 radical (unpaired) electrons. The first-order valence-electron chi connectivity index (χ1n) is 9.14. The van der Waals surface area contributed by atoms with E-state index in [-0.39, 0.29) is 19.0 Å². The first-order valence-corrected chi connectivity index (χ1v) is 9.14. The SMILES string of the molecule is Cc1cc(C)c2c(OCC(=O)N3CCCC3C(=O)NCC(F)(F)F)nn(C)c2n1. The van der Waals surface area contributed by atoms with Gasteiger partial charge in [-0.25, -0.2) is 9.67 Å². The first-order chi connectivity index (χ1) is 13.6. The molecule has 2 aromatic rings. The zero-order valence-corrected chi connectivity index (χ0v) is 16.3. The van der Waals surface area contributed by atoms with Gasteiger partial charge in [0.05, 0.1) is 5.39 Å². The average Bonchev–Trinajstić information content (AvgIpc) is 3.22. The van der Waals surface area contributed by atoms with Gasteiger partial charge in [0.15, 0.2) is 12.3 Å².